The van der Waals surface area contributed by atoms with Gasteiger partial charge in [0.15, 0.2) is 0 Å². The quantitative estimate of drug-likeness (QED) is 0.651. The van der Waals surface area contributed by atoms with Crippen LogP contribution in [-0.2, 0) is 4.74 Å². The summed E-state index contributed by atoms with van der Waals surface area (Å²) in [5, 5.41) is 2.78. The zero-order valence-corrected chi connectivity index (χ0v) is 8.45. The van der Waals surface area contributed by atoms with Crippen molar-refractivity contribution in [2.24, 2.45) is 0 Å². The molecule has 2 amide bonds. The lowest BCUT2D eigenvalue weighted by molar-refractivity contribution is 0.0528. The molecule has 0 bridgehead atoms. The van der Waals surface area contributed by atoms with Crippen LogP contribution in [0.1, 0.15) is 13.3 Å². The Morgan fingerprint density at radius 1 is 1.64 bits per heavy atom. The second kappa shape index (κ2) is 5.51. The number of rotatable bonds is 2. The number of ether oxygens (including phenoxy) is 1. The molecular formula is C10H16N2O2. The maximum absolute atomic E-state index is 11.6. The van der Waals surface area contributed by atoms with Crippen molar-refractivity contribution in [1.82, 2.24) is 10.2 Å². The predicted molar refractivity (Wildman–Crippen MR) is 53.8 cm³/mol. The molecule has 0 aromatic carbocycles. The third kappa shape index (κ3) is 2.93. The van der Waals surface area contributed by atoms with Crippen LogP contribution in [0.3, 0.4) is 0 Å². The van der Waals surface area contributed by atoms with E-state index < -0.39 is 0 Å². The van der Waals surface area contributed by atoms with E-state index in [0.29, 0.717) is 26.3 Å². The van der Waals surface area contributed by atoms with Gasteiger partial charge in [0, 0.05) is 13.1 Å². The van der Waals surface area contributed by atoms with Crippen molar-refractivity contribution < 1.29 is 9.53 Å². The Balaban J connectivity index is 2.36. The van der Waals surface area contributed by atoms with Gasteiger partial charge in [-0.05, 0) is 6.42 Å². The van der Waals surface area contributed by atoms with Crippen LogP contribution in [-0.4, -0.2) is 43.3 Å². The second-order valence-electron chi connectivity index (χ2n) is 3.18. The summed E-state index contributed by atoms with van der Waals surface area (Å²) >= 11 is 0. The summed E-state index contributed by atoms with van der Waals surface area (Å²) in [6.07, 6.45) is 6.01. The molecule has 0 aliphatic carbocycles. The molecule has 1 N–H and O–H groups in total. The number of morpholine rings is 1. The van der Waals surface area contributed by atoms with Crippen molar-refractivity contribution in [2.75, 3.05) is 26.3 Å². The van der Waals surface area contributed by atoms with E-state index in [2.05, 4.69) is 11.2 Å². The molecule has 1 fully saturated rings. The van der Waals surface area contributed by atoms with Crippen LogP contribution in [0.2, 0.25) is 0 Å². The molecule has 0 radical (unpaired) electrons. The number of nitrogens with zero attached hydrogens (tertiary/aromatic N) is 1. The fourth-order valence-electron chi connectivity index (χ4n) is 1.27. The van der Waals surface area contributed by atoms with Gasteiger partial charge in [0.05, 0.1) is 19.3 Å². The van der Waals surface area contributed by atoms with E-state index in [0.717, 1.165) is 6.42 Å². The lowest BCUT2D eigenvalue weighted by atomic mass is 10.2. The fraction of sp³-hybridized carbons (Fsp3) is 0.700. The normalized spacial score (nSPS) is 18.4. The van der Waals surface area contributed by atoms with Crippen molar-refractivity contribution in [3.8, 4) is 12.3 Å². The lowest BCUT2D eigenvalue weighted by Crippen LogP contribution is -2.48. The van der Waals surface area contributed by atoms with Gasteiger partial charge in [0.2, 0.25) is 0 Å². The molecule has 1 heterocycles. The van der Waals surface area contributed by atoms with Gasteiger partial charge in [-0.2, -0.15) is 0 Å². The Morgan fingerprint density at radius 2 is 2.29 bits per heavy atom. The standard InChI is InChI=1S/C10H16N2O2/c1-3-9(4-2)11-10(13)12-5-7-14-8-6-12/h1,9H,4-8H2,2H3,(H,11,13). The molecule has 1 rings (SSSR count). The largest absolute Gasteiger partial charge is 0.378 e. The summed E-state index contributed by atoms with van der Waals surface area (Å²) in [5.41, 5.74) is 0. The smallest absolute Gasteiger partial charge is 0.318 e. The summed E-state index contributed by atoms with van der Waals surface area (Å²) < 4.78 is 5.15. The van der Waals surface area contributed by atoms with Gasteiger partial charge in [-0.15, -0.1) is 6.42 Å². The van der Waals surface area contributed by atoms with Crippen LogP contribution in [0.4, 0.5) is 4.79 Å². The summed E-state index contributed by atoms with van der Waals surface area (Å²) in [6.45, 7) is 4.46. The van der Waals surface area contributed by atoms with Crippen LogP contribution in [0.25, 0.3) is 0 Å². The molecule has 1 aliphatic rings. The van der Waals surface area contributed by atoms with E-state index in [1.165, 1.54) is 0 Å². The van der Waals surface area contributed by atoms with E-state index in [4.69, 9.17) is 11.2 Å². The Kier molecular flexibility index (Phi) is 4.27. The number of carbonyl (C=O) groups excluding carboxylic acids is 1. The van der Waals surface area contributed by atoms with E-state index in [1.807, 2.05) is 6.92 Å². The highest BCUT2D eigenvalue weighted by Gasteiger charge is 2.17. The van der Waals surface area contributed by atoms with Gasteiger partial charge < -0.3 is 15.0 Å². The van der Waals surface area contributed by atoms with Gasteiger partial charge >= 0.3 is 6.03 Å². The predicted octanol–water partition coefficient (Wildman–Crippen LogP) is 0.440. The third-order valence-electron chi connectivity index (χ3n) is 2.21. The van der Waals surface area contributed by atoms with E-state index in [9.17, 15) is 4.79 Å². The monoisotopic (exact) mass is 196 g/mol. The summed E-state index contributed by atoms with van der Waals surface area (Å²) in [4.78, 5) is 13.3. The van der Waals surface area contributed by atoms with Gasteiger partial charge in [-0.25, -0.2) is 4.79 Å². The van der Waals surface area contributed by atoms with Gasteiger partial charge in [0.25, 0.3) is 0 Å². The third-order valence-corrected chi connectivity index (χ3v) is 2.21. The summed E-state index contributed by atoms with van der Waals surface area (Å²) in [6, 6.07) is -0.247. The first-order chi connectivity index (χ1) is 6.77. The molecule has 0 aromatic heterocycles. The molecule has 78 valence electrons. The van der Waals surface area contributed by atoms with Crippen LogP contribution in [0.5, 0.6) is 0 Å². The first-order valence-corrected chi connectivity index (χ1v) is 4.87. The average molecular weight is 196 g/mol. The summed E-state index contributed by atoms with van der Waals surface area (Å²) in [7, 11) is 0. The minimum atomic E-state index is -0.162. The van der Waals surface area contributed by atoms with Crippen molar-refractivity contribution in [2.45, 2.75) is 19.4 Å². The zero-order chi connectivity index (χ0) is 10.4. The Morgan fingerprint density at radius 3 is 2.79 bits per heavy atom. The molecule has 1 unspecified atom stereocenters. The Labute approximate surface area is 84.6 Å². The van der Waals surface area contributed by atoms with E-state index >= 15 is 0 Å². The van der Waals surface area contributed by atoms with E-state index in [-0.39, 0.29) is 12.1 Å². The van der Waals surface area contributed by atoms with Crippen molar-refractivity contribution in [3.05, 3.63) is 0 Å². The number of urea groups is 1. The number of amides is 2. The topological polar surface area (TPSA) is 41.6 Å². The summed E-state index contributed by atoms with van der Waals surface area (Å²) in [5.74, 6) is 2.53. The number of carbonyl (C=O) groups is 1. The Hall–Kier alpha value is -1.21. The number of hydrogen-bond donors (Lipinski definition) is 1. The van der Waals surface area contributed by atoms with Crippen LogP contribution in [0.15, 0.2) is 0 Å². The number of terminal acetylenes is 1. The van der Waals surface area contributed by atoms with Crippen LogP contribution >= 0.6 is 0 Å². The maximum Gasteiger partial charge on any atom is 0.318 e. The van der Waals surface area contributed by atoms with Crippen LogP contribution < -0.4 is 5.32 Å². The molecule has 0 spiro atoms. The second-order valence-corrected chi connectivity index (χ2v) is 3.18. The molecule has 1 aliphatic heterocycles. The van der Waals surface area contributed by atoms with Gasteiger partial charge in [-0.1, -0.05) is 12.8 Å². The van der Waals surface area contributed by atoms with E-state index in [1.54, 1.807) is 4.90 Å². The molecule has 0 aromatic rings. The van der Waals surface area contributed by atoms with Gasteiger partial charge in [0.1, 0.15) is 0 Å². The number of hydrogen-bond acceptors (Lipinski definition) is 2. The molecule has 0 saturated carbocycles. The minimum absolute atomic E-state index is 0.0851. The highest BCUT2D eigenvalue weighted by atomic mass is 16.5. The molecular weight excluding hydrogens is 180 g/mol. The molecule has 1 atom stereocenters. The molecule has 1 saturated heterocycles. The highest BCUT2D eigenvalue weighted by Crippen LogP contribution is 1.98. The molecule has 14 heavy (non-hydrogen) atoms. The Bertz CT molecular complexity index is 229. The van der Waals surface area contributed by atoms with Crippen molar-refractivity contribution in [3.63, 3.8) is 0 Å². The molecule has 4 heteroatoms. The molecule has 4 nitrogen and oxygen atoms in total. The first kappa shape index (κ1) is 10.9. The van der Waals surface area contributed by atoms with Crippen molar-refractivity contribution in [1.29, 1.82) is 0 Å². The average Bonchev–Trinajstić information content (AvgIpc) is 2.26. The minimum Gasteiger partial charge on any atom is -0.378 e. The fourth-order valence-corrected chi connectivity index (χ4v) is 1.27. The lowest BCUT2D eigenvalue weighted by Gasteiger charge is -2.28. The van der Waals surface area contributed by atoms with Gasteiger partial charge in [-0.3, -0.25) is 0 Å². The van der Waals surface area contributed by atoms with Crippen molar-refractivity contribution >= 4 is 6.03 Å². The zero-order valence-electron chi connectivity index (χ0n) is 8.45. The van der Waals surface area contributed by atoms with Crippen LogP contribution in [0, 0.1) is 12.3 Å². The first-order valence-electron chi connectivity index (χ1n) is 4.87. The number of nitrogens with one attached hydrogen (secondary N) is 1. The highest BCUT2D eigenvalue weighted by molar-refractivity contribution is 5.75. The maximum atomic E-state index is 11.6. The SMILES string of the molecule is C#CC(CC)NC(=O)N1CCOCC1.